The molecule has 0 saturated heterocycles. The number of aromatic nitrogens is 3. The standard InChI is InChI=1S/C21H20FN5/c22-17-7-5-15(6-8-17)13-26-21-24-12-10-20(27-21)23-11-9-16-14-25-19-4-2-1-3-18(16)19/h1-8,10,12,14,25H,9,11,13H2,(H2,23,24,26,27). The van der Waals surface area contributed by atoms with Gasteiger partial charge in [0.1, 0.15) is 11.6 Å². The monoisotopic (exact) mass is 361 g/mol. The maximum atomic E-state index is 13.0. The van der Waals surface area contributed by atoms with Crippen LogP contribution < -0.4 is 10.6 Å². The maximum absolute atomic E-state index is 13.0. The van der Waals surface area contributed by atoms with Gasteiger partial charge in [0.2, 0.25) is 5.95 Å². The molecule has 0 radical (unpaired) electrons. The molecule has 0 fully saturated rings. The van der Waals surface area contributed by atoms with Gasteiger partial charge in [-0.3, -0.25) is 0 Å². The molecule has 0 aliphatic carbocycles. The zero-order valence-electron chi connectivity index (χ0n) is 14.7. The Hall–Kier alpha value is -3.41. The molecule has 4 rings (SSSR count). The van der Waals surface area contributed by atoms with Crippen LogP contribution in [0, 0.1) is 5.82 Å². The van der Waals surface area contributed by atoms with E-state index in [-0.39, 0.29) is 5.82 Å². The molecule has 0 aliphatic heterocycles. The van der Waals surface area contributed by atoms with Gasteiger partial charge in [-0.15, -0.1) is 0 Å². The molecular formula is C21H20FN5. The summed E-state index contributed by atoms with van der Waals surface area (Å²) in [6.45, 7) is 1.31. The fourth-order valence-electron chi connectivity index (χ4n) is 2.99. The Balaban J connectivity index is 1.33. The number of fused-ring (bicyclic) bond motifs is 1. The summed E-state index contributed by atoms with van der Waals surface area (Å²) >= 11 is 0. The topological polar surface area (TPSA) is 65.6 Å². The fourth-order valence-corrected chi connectivity index (χ4v) is 2.99. The predicted molar refractivity (Wildman–Crippen MR) is 106 cm³/mol. The van der Waals surface area contributed by atoms with Crippen molar-refractivity contribution in [1.29, 1.82) is 0 Å². The van der Waals surface area contributed by atoms with E-state index in [1.54, 1.807) is 18.3 Å². The molecule has 0 aliphatic rings. The summed E-state index contributed by atoms with van der Waals surface area (Å²) in [6, 6.07) is 16.5. The van der Waals surface area contributed by atoms with Crippen LogP contribution in [0.3, 0.4) is 0 Å². The summed E-state index contributed by atoms with van der Waals surface area (Å²) in [4.78, 5) is 12.0. The largest absolute Gasteiger partial charge is 0.370 e. The fraction of sp³-hybridized carbons (Fsp3) is 0.143. The van der Waals surface area contributed by atoms with Gasteiger partial charge in [-0.05, 0) is 41.8 Å². The van der Waals surface area contributed by atoms with Crippen LogP contribution in [0.15, 0.2) is 67.0 Å². The Morgan fingerprint density at radius 3 is 2.70 bits per heavy atom. The van der Waals surface area contributed by atoms with Crippen LogP contribution in [0.4, 0.5) is 16.2 Å². The molecule has 5 nitrogen and oxygen atoms in total. The first-order chi connectivity index (χ1) is 13.3. The highest BCUT2D eigenvalue weighted by Gasteiger charge is 2.04. The molecule has 0 saturated carbocycles. The van der Waals surface area contributed by atoms with Gasteiger partial charge in [0, 0.05) is 36.4 Å². The van der Waals surface area contributed by atoms with Gasteiger partial charge < -0.3 is 15.6 Å². The smallest absolute Gasteiger partial charge is 0.224 e. The third kappa shape index (κ3) is 4.23. The number of halogens is 1. The van der Waals surface area contributed by atoms with E-state index in [1.807, 2.05) is 12.1 Å². The van der Waals surface area contributed by atoms with E-state index in [0.717, 1.165) is 29.9 Å². The molecule has 0 atom stereocenters. The van der Waals surface area contributed by atoms with Crippen LogP contribution in [-0.2, 0) is 13.0 Å². The lowest BCUT2D eigenvalue weighted by Crippen LogP contribution is -2.09. The van der Waals surface area contributed by atoms with Crippen molar-refractivity contribution < 1.29 is 4.39 Å². The molecule has 27 heavy (non-hydrogen) atoms. The number of H-pyrrole nitrogens is 1. The number of aromatic amines is 1. The number of rotatable bonds is 7. The second-order valence-electron chi connectivity index (χ2n) is 6.28. The SMILES string of the molecule is Fc1ccc(CNc2nccc(NCCc3c[nH]c4ccccc34)n2)cc1. The van der Waals surface area contributed by atoms with Crippen molar-refractivity contribution in [3.05, 3.63) is 83.9 Å². The lowest BCUT2D eigenvalue weighted by Gasteiger charge is -2.08. The van der Waals surface area contributed by atoms with Crippen LogP contribution in [-0.4, -0.2) is 21.5 Å². The van der Waals surface area contributed by atoms with E-state index in [2.05, 4.69) is 50.0 Å². The lowest BCUT2D eigenvalue weighted by molar-refractivity contribution is 0.627. The zero-order chi connectivity index (χ0) is 18.5. The maximum Gasteiger partial charge on any atom is 0.224 e. The van der Waals surface area contributed by atoms with Gasteiger partial charge in [0.25, 0.3) is 0 Å². The first-order valence-electron chi connectivity index (χ1n) is 8.88. The average molecular weight is 361 g/mol. The number of nitrogens with one attached hydrogen (secondary N) is 3. The summed E-state index contributed by atoms with van der Waals surface area (Å²) < 4.78 is 13.0. The van der Waals surface area contributed by atoms with Crippen molar-refractivity contribution in [2.24, 2.45) is 0 Å². The molecule has 0 amide bonds. The third-order valence-corrected chi connectivity index (χ3v) is 4.39. The molecule has 2 aromatic carbocycles. The van der Waals surface area contributed by atoms with Crippen LogP contribution in [0.2, 0.25) is 0 Å². The Kier molecular flexibility index (Phi) is 4.96. The normalized spacial score (nSPS) is 10.9. The van der Waals surface area contributed by atoms with E-state index >= 15 is 0 Å². The highest BCUT2D eigenvalue weighted by Crippen LogP contribution is 2.18. The van der Waals surface area contributed by atoms with Gasteiger partial charge >= 0.3 is 0 Å². The Morgan fingerprint density at radius 2 is 1.81 bits per heavy atom. The van der Waals surface area contributed by atoms with Gasteiger partial charge in [-0.1, -0.05) is 30.3 Å². The van der Waals surface area contributed by atoms with Gasteiger partial charge in [-0.25, -0.2) is 9.37 Å². The molecule has 0 unspecified atom stereocenters. The van der Waals surface area contributed by atoms with Crippen LogP contribution in [0.25, 0.3) is 10.9 Å². The molecule has 2 heterocycles. The second kappa shape index (κ2) is 7.86. The van der Waals surface area contributed by atoms with Crippen LogP contribution in [0.5, 0.6) is 0 Å². The quantitative estimate of drug-likeness (QED) is 0.457. The molecule has 3 N–H and O–H groups in total. The summed E-state index contributed by atoms with van der Waals surface area (Å²) in [5, 5.41) is 7.75. The molecule has 2 aromatic heterocycles. The van der Waals surface area contributed by atoms with Crippen molar-refractivity contribution in [1.82, 2.24) is 15.0 Å². The average Bonchev–Trinajstić information content (AvgIpc) is 3.11. The molecule has 0 spiro atoms. The molecule has 6 heteroatoms. The number of hydrogen-bond acceptors (Lipinski definition) is 4. The number of anilines is 2. The minimum atomic E-state index is -0.239. The van der Waals surface area contributed by atoms with Gasteiger partial charge in [0.05, 0.1) is 0 Å². The zero-order valence-corrected chi connectivity index (χ0v) is 14.7. The van der Waals surface area contributed by atoms with Gasteiger partial charge in [-0.2, -0.15) is 4.98 Å². The summed E-state index contributed by atoms with van der Waals surface area (Å²) in [6.07, 6.45) is 4.67. The first-order valence-corrected chi connectivity index (χ1v) is 8.88. The minimum absolute atomic E-state index is 0.239. The van der Waals surface area contributed by atoms with E-state index in [1.165, 1.54) is 23.1 Å². The molecule has 4 aromatic rings. The number of hydrogen-bond donors (Lipinski definition) is 3. The molecular weight excluding hydrogens is 341 g/mol. The first kappa shape index (κ1) is 17.0. The van der Waals surface area contributed by atoms with Crippen molar-refractivity contribution in [3.8, 4) is 0 Å². The van der Waals surface area contributed by atoms with Crippen molar-refractivity contribution in [2.75, 3.05) is 17.2 Å². The number of para-hydroxylation sites is 1. The van der Waals surface area contributed by atoms with E-state index in [0.29, 0.717) is 12.5 Å². The molecule has 136 valence electrons. The van der Waals surface area contributed by atoms with Crippen molar-refractivity contribution in [2.45, 2.75) is 13.0 Å². The Bertz CT molecular complexity index is 1030. The summed E-state index contributed by atoms with van der Waals surface area (Å²) in [7, 11) is 0. The lowest BCUT2D eigenvalue weighted by atomic mass is 10.1. The highest BCUT2D eigenvalue weighted by atomic mass is 19.1. The number of nitrogens with zero attached hydrogens (tertiary/aromatic N) is 2. The minimum Gasteiger partial charge on any atom is -0.370 e. The summed E-state index contributed by atoms with van der Waals surface area (Å²) in [5.74, 6) is 1.07. The number of benzene rings is 2. The third-order valence-electron chi connectivity index (χ3n) is 4.39. The van der Waals surface area contributed by atoms with Crippen LogP contribution in [0.1, 0.15) is 11.1 Å². The summed E-state index contributed by atoms with van der Waals surface area (Å²) in [5.41, 5.74) is 3.40. The van der Waals surface area contributed by atoms with E-state index in [9.17, 15) is 4.39 Å². The van der Waals surface area contributed by atoms with Gasteiger partial charge in [0.15, 0.2) is 0 Å². The highest BCUT2D eigenvalue weighted by molar-refractivity contribution is 5.83. The van der Waals surface area contributed by atoms with E-state index in [4.69, 9.17) is 0 Å². The Labute approximate surface area is 156 Å². The Morgan fingerprint density at radius 1 is 0.963 bits per heavy atom. The molecule has 0 bridgehead atoms. The predicted octanol–water partition coefficient (Wildman–Crippen LogP) is 4.36. The van der Waals surface area contributed by atoms with Crippen molar-refractivity contribution >= 4 is 22.7 Å². The second-order valence-corrected chi connectivity index (χ2v) is 6.28. The van der Waals surface area contributed by atoms with Crippen molar-refractivity contribution in [3.63, 3.8) is 0 Å². The van der Waals surface area contributed by atoms with E-state index < -0.39 is 0 Å². The van der Waals surface area contributed by atoms with Crippen LogP contribution >= 0.6 is 0 Å².